The van der Waals surface area contributed by atoms with Crippen molar-refractivity contribution in [2.75, 3.05) is 30.8 Å². The predicted molar refractivity (Wildman–Crippen MR) is 135 cm³/mol. The minimum atomic E-state index is -3.91. The van der Waals surface area contributed by atoms with E-state index >= 15 is 0 Å². The Morgan fingerprint density at radius 1 is 1.15 bits per heavy atom. The van der Waals surface area contributed by atoms with Crippen LogP contribution in [0.4, 0.5) is 5.69 Å². The number of nitrogens with one attached hydrogen (secondary N) is 1. The topological polar surface area (TPSA) is 96.0 Å². The summed E-state index contributed by atoms with van der Waals surface area (Å²) in [5, 5.41) is 2.94. The first kappa shape index (κ1) is 27.8. The Morgan fingerprint density at radius 3 is 2.44 bits per heavy atom. The molecule has 0 unspecified atom stereocenters. The highest BCUT2D eigenvalue weighted by Gasteiger charge is 2.31. The molecule has 2 rings (SSSR count). The van der Waals surface area contributed by atoms with Gasteiger partial charge in [0, 0.05) is 13.1 Å². The number of amides is 2. The van der Waals surface area contributed by atoms with Gasteiger partial charge in [0.25, 0.3) is 0 Å². The number of rotatable bonds is 11. The van der Waals surface area contributed by atoms with Crippen molar-refractivity contribution >= 4 is 50.7 Å². The first-order chi connectivity index (χ1) is 16.0. The molecule has 2 amide bonds. The third kappa shape index (κ3) is 7.25. The van der Waals surface area contributed by atoms with E-state index in [1.165, 1.54) is 24.1 Å². The molecule has 2 aromatic rings. The van der Waals surface area contributed by atoms with Crippen molar-refractivity contribution in [2.24, 2.45) is 0 Å². The summed E-state index contributed by atoms with van der Waals surface area (Å²) in [6, 6.07) is 10.7. The second kappa shape index (κ2) is 12.3. The second-order valence-electron chi connectivity index (χ2n) is 7.68. The molecule has 0 aliphatic carbocycles. The predicted octanol–water partition coefficient (Wildman–Crippen LogP) is 3.71. The quantitative estimate of drug-likeness (QED) is 0.478. The van der Waals surface area contributed by atoms with E-state index in [0.29, 0.717) is 12.3 Å². The Morgan fingerprint density at radius 2 is 1.82 bits per heavy atom. The number of halogens is 2. The molecule has 1 N–H and O–H groups in total. The average molecular weight is 530 g/mol. The second-order valence-corrected chi connectivity index (χ2v) is 10.4. The van der Waals surface area contributed by atoms with Gasteiger partial charge >= 0.3 is 0 Å². The van der Waals surface area contributed by atoms with Gasteiger partial charge in [-0.1, -0.05) is 48.3 Å². The fourth-order valence-corrected chi connectivity index (χ4v) is 4.53. The Balaban J connectivity index is 2.43. The van der Waals surface area contributed by atoms with Crippen LogP contribution in [-0.2, 0) is 26.2 Å². The molecular weight excluding hydrogens is 501 g/mol. The van der Waals surface area contributed by atoms with E-state index in [1.54, 1.807) is 37.3 Å². The fourth-order valence-electron chi connectivity index (χ4n) is 3.23. The lowest BCUT2D eigenvalue weighted by molar-refractivity contribution is -0.139. The average Bonchev–Trinajstić information content (AvgIpc) is 2.80. The molecule has 186 valence electrons. The SMILES string of the molecule is CCCNC(=O)[C@@H](C)N(Cc1cccc(OC)c1)C(=O)CN(c1cccc(Cl)c1Cl)S(C)(=O)=O. The summed E-state index contributed by atoms with van der Waals surface area (Å²) in [6.45, 7) is 3.48. The zero-order valence-corrected chi connectivity index (χ0v) is 21.9. The van der Waals surface area contributed by atoms with Crippen molar-refractivity contribution in [3.05, 3.63) is 58.1 Å². The summed E-state index contributed by atoms with van der Waals surface area (Å²) < 4.78 is 31.3. The van der Waals surface area contributed by atoms with Crippen LogP contribution < -0.4 is 14.4 Å². The van der Waals surface area contributed by atoms with Gasteiger partial charge in [-0.2, -0.15) is 0 Å². The lowest BCUT2D eigenvalue weighted by Gasteiger charge is -2.31. The van der Waals surface area contributed by atoms with Gasteiger partial charge in [0.05, 0.1) is 29.1 Å². The summed E-state index contributed by atoms with van der Waals surface area (Å²) in [6.07, 6.45) is 1.71. The van der Waals surface area contributed by atoms with Crippen molar-refractivity contribution in [3.63, 3.8) is 0 Å². The van der Waals surface area contributed by atoms with Crippen LogP contribution in [0.1, 0.15) is 25.8 Å². The number of sulfonamides is 1. The number of hydrogen-bond donors (Lipinski definition) is 1. The van der Waals surface area contributed by atoms with Gasteiger partial charge in [0.2, 0.25) is 21.8 Å². The molecule has 2 aromatic carbocycles. The molecule has 1 atom stereocenters. The van der Waals surface area contributed by atoms with Crippen LogP contribution in [0.3, 0.4) is 0 Å². The Hall–Kier alpha value is -2.49. The molecule has 0 aliphatic heterocycles. The standard InChI is InChI=1S/C23H29Cl2N3O5S/c1-5-12-26-23(30)16(2)27(14-17-8-6-9-18(13-17)33-3)21(29)15-28(34(4,31)32)20-11-7-10-19(24)22(20)25/h6-11,13,16H,5,12,14-15H2,1-4H3,(H,26,30)/t16-/m1/s1. The first-order valence-electron chi connectivity index (χ1n) is 10.6. The number of anilines is 1. The number of nitrogens with zero attached hydrogens (tertiary/aromatic N) is 2. The molecule has 0 bridgehead atoms. The van der Waals surface area contributed by atoms with Crippen LogP contribution in [0, 0.1) is 0 Å². The highest BCUT2D eigenvalue weighted by Crippen LogP contribution is 2.33. The molecule has 34 heavy (non-hydrogen) atoms. The normalized spacial score (nSPS) is 12.1. The van der Waals surface area contributed by atoms with Crippen LogP contribution in [0.25, 0.3) is 0 Å². The van der Waals surface area contributed by atoms with E-state index in [4.69, 9.17) is 27.9 Å². The molecule has 0 heterocycles. The van der Waals surface area contributed by atoms with E-state index in [2.05, 4.69) is 5.32 Å². The van der Waals surface area contributed by atoms with Crippen LogP contribution in [-0.4, -0.2) is 57.6 Å². The van der Waals surface area contributed by atoms with Crippen LogP contribution in [0.5, 0.6) is 5.75 Å². The van der Waals surface area contributed by atoms with Crippen molar-refractivity contribution in [1.82, 2.24) is 10.2 Å². The molecule has 0 radical (unpaired) electrons. The monoisotopic (exact) mass is 529 g/mol. The van der Waals surface area contributed by atoms with Crippen LogP contribution >= 0.6 is 23.2 Å². The van der Waals surface area contributed by atoms with Crippen LogP contribution in [0.2, 0.25) is 10.0 Å². The first-order valence-corrected chi connectivity index (χ1v) is 13.2. The maximum atomic E-state index is 13.5. The summed E-state index contributed by atoms with van der Waals surface area (Å²) >= 11 is 12.3. The number of benzene rings is 2. The molecule has 8 nitrogen and oxygen atoms in total. The molecule has 0 saturated heterocycles. The number of ether oxygens (including phenoxy) is 1. The number of hydrogen-bond acceptors (Lipinski definition) is 5. The molecule has 0 saturated carbocycles. The van der Waals surface area contributed by atoms with Gasteiger partial charge in [0.1, 0.15) is 18.3 Å². The zero-order chi connectivity index (χ0) is 25.5. The molecular formula is C23H29Cl2N3O5S. The third-order valence-corrected chi connectivity index (χ3v) is 7.02. The van der Waals surface area contributed by atoms with Gasteiger partial charge < -0.3 is 15.0 Å². The van der Waals surface area contributed by atoms with Gasteiger partial charge in [-0.15, -0.1) is 0 Å². The number of carbonyl (C=O) groups excluding carboxylic acids is 2. The van der Waals surface area contributed by atoms with Crippen molar-refractivity contribution in [3.8, 4) is 5.75 Å². The zero-order valence-electron chi connectivity index (χ0n) is 19.5. The molecule has 0 aliphatic rings. The van der Waals surface area contributed by atoms with Crippen molar-refractivity contribution in [2.45, 2.75) is 32.9 Å². The minimum Gasteiger partial charge on any atom is -0.497 e. The third-order valence-electron chi connectivity index (χ3n) is 5.08. The maximum Gasteiger partial charge on any atom is 0.244 e. The minimum absolute atomic E-state index is 0.00970. The van der Waals surface area contributed by atoms with Gasteiger partial charge in [-0.05, 0) is 43.2 Å². The summed E-state index contributed by atoms with van der Waals surface area (Å²) in [4.78, 5) is 27.5. The van der Waals surface area contributed by atoms with E-state index in [9.17, 15) is 18.0 Å². The Kier molecular flexibility index (Phi) is 10.0. The van der Waals surface area contributed by atoms with Crippen molar-refractivity contribution < 1.29 is 22.7 Å². The van der Waals surface area contributed by atoms with Crippen molar-refractivity contribution in [1.29, 1.82) is 0 Å². The summed E-state index contributed by atoms with van der Waals surface area (Å²) in [7, 11) is -2.38. The summed E-state index contributed by atoms with van der Waals surface area (Å²) in [5.41, 5.74) is 0.795. The van der Waals surface area contributed by atoms with E-state index in [1.807, 2.05) is 6.92 Å². The summed E-state index contributed by atoms with van der Waals surface area (Å²) in [5.74, 6) is -0.329. The smallest absolute Gasteiger partial charge is 0.244 e. The molecule has 0 aromatic heterocycles. The van der Waals surface area contributed by atoms with E-state index < -0.39 is 28.5 Å². The Bertz CT molecular complexity index is 1130. The van der Waals surface area contributed by atoms with Gasteiger partial charge in [-0.25, -0.2) is 8.42 Å². The number of methoxy groups -OCH3 is 1. The van der Waals surface area contributed by atoms with Gasteiger partial charge in [-0.3, -0.25) is 13.9 Å². The highest BCUT2D eigenvalue weighted by atomic mass is 35.5. The fraction of sp³-hybridized carbons (Fsp3) is 0.391. The maximum absolute atomic E-state index is 13.5. The Labute approximate surface area is 210 Å². The van der Waals surface area contributed by atoms with Gasteiger partial charge in [0.15, 0.2) is 0 Å². The lowest BCUT2D eigenvalue weighted by Crippen LogP contribution is -2.51. The van der Waals surface area contributed by atoms with E-state index in [0.717, 1.165) is 22.5 Å². The van der Waals surface area contributed by atoms with E-state index in [-0.39, 0.29) is 28.2 Å². The highest BCUT2D eigenvalue weighted by molar-refractivity contribution is 7.92. The lowest BCUT2D eigenvalue weighted by atomic mass is 10.1. The molecule has 0 fully saturated rings. The van der Waals surface area contributed by atoms with Crippen LogP contribution in [0.15, 0.2) is 42.5 Å². The molecule has 11 heteroatoms. The molecule has 0 spiro atoms. The largest absolute Gasteiger partial charge is 0.497 e. The number of carbonyl (C=O) groups is 2.